The van der Waals surface area contributed by atoms with Crippen molar-refractivity contribution < 1.29 is 14.7 Å². The summed E-state index contributed by atoms with van der Waals surface area (Å²) >= 11 is 2.68. The minimum absolute atomic E-state index is 0.0205. The molecule has 1 heterocycles. The molecular formula is C9H12N2O3S2. The van der Waals surface area contributed by atoms with Gasteiger partial charge in [-0.1, -0.05) is 0 Å². The van der Waals surface area contributed by atoms with Crippen molar-refractivity contribution in [3.8, 4) is 0 Å². The number of carboxylic acid groups (broad SMARTS) is 1. The van der Waals surface area contributed by atoms with Crippen LogP contribution in [0.4, 0.5) is 0 Å². The highest BCUT2D eigenvalue weighted by Gasteiger charge is 2.12. The van der Waals surface area contributed by atoms with Gasteiger partial charge in [0.2, 0.25) is 5.91 Å². The van der Waals surface area contributed by atoms with Crippen molar-refractivity contribution >= 4 is 35.0 Å². The molecule has 1 aromatic rings. The molecule has 88 valence electrons. The maximum atomic E-state index is 11.4. The van der Waals surface area contributed by atoms with Gasteiger partial charge in [-0.3, -0.25) is 4.79 Å². The monoisotopic (exact) mass is 260 g/mol. The van der Waals surface area contributed by atoms with Crippen LogP contribution in [0.1, 0.15) is 22.4 Å². The molecule has 1 atom stereocenters. The number of carbonyl (C=O) groups excluding carboxylic acids is 1. The molecule has 1 aromatic heterocycles. The first-order chi connectivity index (χ1) is 7.54. The van der Waals surface area contributed by atoms with E-state index in [0.717, 1.165) is 0 Å². The van der Waals surface area contributed by atoms with Crippen molar-refractivity contribution in [3.05, 3.63) is 16.1 Å². The predicted molar refractivity (Wildman–Crippen MR) is 63.9 cm³/mol. The van der Waals surface area contributed by atoms with E-state index in [1.165, 1.54) is 28.5 Å². The second-order valence-corrected chi connectivity index (χ2v) is 5.15. The molecule has 1 unspecified atom stereocenters. The van der Waals surface area contributed by atoms with Crippen molar-refractivity contribution in [2.75, 3.05) is 6.26 Å². The summed E-state index contributed by atoms with van der Waals surface area (Å²) in [5.41, 5.74) is 0.0205. The van der Waals surface area contributed by atoms with Gasteiger partial charge in [-0.25, -0.2) is 9.78 Å². The lowest BCUT2D eigenvalue weighted by Crippen LogP contribution is -2.30. The number of carboxylic acids is 1. The van der Waals surface area contributed by atoms with E-state index in [0.29, 0.717) is 5.01 Å². The van der Waals surface area contributed by atoms with E-state index in [1.54, 1.807) is 0 Å². The lowest BCUT2D eigenvalue weighted by Gasteiger charge is -2.07. The van der Waals surface area contributed by atoms with E-state index >= 15 is 0 Å². The third kappa shape index (κ3) is 3.49. The van der Waals surface area contributed by atoms with Gasteiger partial charge in [0.25, 0.3) is 0 Å². The lowest BCUT2D eigenvalue weighted by molar-refractivity contribution is -0.120. The van der Waals surface area contributed by atoms with Gasteiger partial charge < -0.3 is 10.4 Å². The number of aromatic nitrogens is 1. The molecule has 0 saturated heterocycles. The van der Waals surface area contributed by atoms with Crippen molar-refractivity contribution in [3.63, 3.8) is 0 Å². The Bertz CT molecular complexity index is 392. The maximum absolute atomic E-state index is 11.4. The fourth-order valence-corrected chi connectivity index (χ4v) is 1.91. The highest BCUT2D eigenvalue weighted by Crippen LogP contribution is 2.10. The molecule has 0 aliphatic carbocycles. The average Bonchev–Trinajstić information content (AvgIpc) is 2.73. The second-order valence-electron chi connectivity index (χ2n) is 3.03. The quantitative estimate of drug-likeness (QED) is 0.832. The van der Waals surface area contributed by atoms with E-state index in [2.05, 4.69) is 10.3 Å². The number of carbonyl (C=O) groups is 2. The summed E-state index contributed by atoms with van der Waals surface area (Å²) in [5, 5.41) is 13.3. The van der Waals surface area contributed by atoms with Gasteiger partial charge in [-0.15, -0.1) is 11.3 Å². The first-order valence-corrected chi connectivity index (χ1v) is 6.69. The van der Waals surface area contributed by atoms with Crippen LogP contribution < -0.4 is 5.32 Å². The molecule has 1 rings (SSSR count). The fraction of sp³-hybridized carbons (Fsp3) is 0.444. The van der Waals surface area contributed by atoms with Gasteiger partial charge in [0.15, 0.2) is 5.69 Å². The first-order valence-electron chi connectivity index (χ1n) is 4.52. The summed E-state index contributed by atoms with van der Waals surface area (Å²) in [6.45, 7) is 2.09. The highest BCUT2D eigenvalue weighted by atomic mass is 32.2. The summed E-state index contributed by atoms with van der Waals surface area (Å²) in [5.74, 6) is -1.12. The van der Waals surface area contributed by atoms with Crippen LogP contribution >= 0.6 is 23.1 Å². The van der Waals surface area contributed by atoms with Gasteiger partial charge in [-0.05, 0) is 13.2 Å². The van der Waals surface area contributed by atoms with Crippen molar-refractivity contribution in [1.29, 1.82) is 0 Å². The van der Waals surface area contributed by atoms with Crippen LogP contribution in [0.5, 0.6) is 0 Å². The Morgan fingerprint density at radius 1 is 1.69 bits per heavy atom. The molecular weight excluding hydrogens is 248 g/mol. The zero-order chi connectivity index (χ0) is 12.1. The van der Waals surface area contributed by atoms with Crippen LogP contribution in [0.3, 0.4) is 0 Å². The highest BCUT2D eigenvalue weighted by molar-refractivity contribution is 7.99. The van der Waals surface area contributed by atoms with E-state index in [4.69, 9.17) is 5.11 Å². The summed E-state index contributed by atoms with van der Waals surface area (Å²) in [6.07, 6.45) is 1.86. The Morgan fingerprint density at radius 3 is 2.88 bits per heavy atom. The number of rotatable bonds is 5. The Balaban J connectivity index is 2.48. The normalized spacial score (nSPS) is 12.1. The molecule has 7 heteroatoms. The molecule has 0 aromatic carbocycles. The molecule has 5 nitrogen and oxygen atoms in total. The van der Waals surface area contributed by atoms with Gasteiger partial charge in [-0.2, -0.15) is 11.8 Å². The van der Waals surface area contributed by atoms with Crippen LogP contribution in [0, 0.1) is 0 Å². The number of hydrogen-bond acceptors (Lipinski definition) is 5. The molecule has 0 saturated carbocycles. The zero-order valence-electron chi connectivity index (χ0n) is 8.89. The third-order valence-electron chi connectivity index (χ3n) is 1.91. The van der Waals surface area contributed by atoms with Crippen LogP contribution in [0.2, 0.25) is 0 Å². The van der Waals surface area contributed by atoms with E-state index in [9.17, 15) is 9.59 Å². The molecule has 0 aliphatic heterocycles. The van der Waals surface area contributed by atoms with E-state index < -0.39 is 5.97 Å². The third-order valence-corrected chi connectivity index (χ3v) is 3.68. The van der Waals surface area contributed by atoms with Gasteiger partial charge >= 0.3 is 5.97 Å². The van der Waals surface area contributed by atoms with Crippen LogP contribution in [-0.2, 0) is 11.3 Å². The number of thioether (sulfide) groups is 1. The smallest absolute Gasteiger partial charge is 0.355 e. The summed E-state index contributed by atoms with van der Waals surface area (Å²) in [6, 6.07) is 0. The Labute approximate surface area is 101 Å². The molecule has 0 spiro atoms. The van der Waals surface area contributed by atoms with Crippen LogP contribution in [0.25, 0.3) is 0 Å². The molecule has 0 aliphatic rings. The van der Waals surface area contributed by atoms with Crippen molar-refractivity contribution in [2.24, 2.45) is 0 Å². The minimum atomic E-state index is -1.05. The molecule has 0 radical (unpaired) electrons. The molecule has 0 bridgehead atoms. The maximum Gasteiger partial charge on any atom is 0.355 e. The number of amides is 1. The number of hydrogen-bond donors (Lipinski definition) is 2. The summed E-state index contributed by atoms with van der Waals surface area (Å²) < 4.78 is 0. The van der Waals surface area contributed by atoms with Crippen LogP contribution in [-0.4, -0.2) is 33.5 Å². The number of aromatic carboxylic acids is 1. The fourth-order valence-electron chi connectivity index (χ4n) is 0.904. The van der Waals surface area contributed by atoms with E-state index in [1.807, 2.05) is 13.2 Å². The second kappa shape index (κ2) is 5.86. The summed E-state index contributed by atoms with van der Waals surface area (Å²) in [4.78, 5) is 25.8. The molecule has 1 amide bonds. The SMILES string of the molecule is CSC(C)C(=O)NCc1nc(C(=O)O)cs1. The lowest BCUT2D eigenvalue weighted by atomic mass is 10.4. The number of thiazole rings is 1. The molecule has 0 fully saturated rings. The standard InChI is InChI=1S/C9H12N2O3S2/c1-5(15-2)8(12)10-3-7-11-6(4-16-7)9(13)14/h4-5H,3H2,1-2H3,(H,10,12)(H,13,14). The Hall–Kier alpha value is -1.08. The number of nitrogens with zero attached hydrogens (tertiary/aromatic N) is 1. The van der Waals surface area contributed by atoms with Gasteiger partial charge in [0.05, 0.1) is 11.8 Å². The average molecular weight is 260 g/mol. The molecule has 2 N–H and O–H groups in total. The topological polar surface area (TPSA) is 79.3 Å². The first kappa shape index (κ1) is 13.0. The van der Waals surface area contributed by atoms with Gasteiger partial charge in [0, 0.05) is 5.38 Å². The molecule has 16 heavy (non-hydrogen) atoms. The zero-order valence-corrected chi connectivity index (χ0v) is 10.5. The van der Waals surface area contributed by atoms with Gasteiger partial charge in [0.1, 0.15) is 5.01 Å². The van der Waals surface area contributed by atoms with Crippen molar-refractivity contribution in [1.82, 2.24) is 10.3 Å². The van der Waals surface area contributed by atoms with E-state index in [-0.39, 0.29) is 23.4 Å². The Morgan fingerprint density at radius 2 is 2.38 bits per heavy atom. The predicted octanol–water partition coefficient (Wildman–Crippen LogP) is 1.21. The Kier molecular flexibility index (Phi) is 4.75. The minimum Gasteiger partial charge on any atom is -0.476 e. The van der Waals surface area contributed by atoms with Crippen molar-refractivity contribution in [2.45, 2.75) is 18.7 Å². The summed E-state index contributed by atoms with van der Waals surface area (Å²) in [7, 11) is 0. The number of nitrogens with one attached hydrogen (secondary N) is 1. The largest absolute Gasteiger partial charge is 0.476 e. The van der Waals surface area contributed by atoms with Crippen LogP contribution in [0.15, 0.2) is 5.38 Å².